The number of fused-ring (bicyclic) bond motifs is 6. The maximum absolute atomic E-state index is 8.55. The first kappa shape index (κ1) is 26.0. The van der Waals surface area contributed by atoms with Crippen molar-refractivity contribution < 1.29 is 2.74 Å². The molecule has 0 saturated carbocycles. The number of rotatable bonds is 4. The first-order chi connectivity index (χ1) is 25.1. The molecule has 1 heteroatoms. The Morgan fingerprint density at radius 3 is 1.69 bits per heavy atom. The molecule has 0 unspecified atom stereocenters. The van der Waals surface area contributed by atoms with Crippen molar-refractivity contribution in [1.82, 2.24) is 0 Å². The van der Waals surface area contributed by atoms with E-state index >= 15 is 0 Å². The van der Waals surface area contributed by atoms with E-state index in [2.05, 4.69) is 140 Å². The number of hydrogen-bond donors (Lipinski definition) is 0. The molecule has 0 N–H and O–H groups in total. The van der Waals surface area contributed by atoms with Crippen LogP contribution in [0.25, 0.3) is 97.0 Å². The zero-order chi connectivity index (χ0) is 34.1. The summed E-state index contributed by atoms with van der Waals surface area (Å²) in [6, 6.07) is 61.6. The van der Waals surface area contributed by atoms with Crippen molar-refractivity contribution in [3.8, 4) is 44.5 Å². The van der Waals surface area contributed by atoms with Crippen molar-refractivity contribution >= 4 is 63.8 Å². The van der Waals surface area contributed by atoms with E-state index in [4.69, 9.17) is 2.74 Å². The van der Waals surface area contributed by atoms with E-state index in [1.165, 1.54) is 70.6 Å². The molecule has 0 fully saturated rings. The van der Waals surface area contributed by atoms with Crippen LogP contribution in [0.4, 0.5) is 0 Å². The van der Waals surface area contributed by atoms with E-state index in [0.29, 0.717) is 12.1 Å². The molecule has 0 aliphatic carbocycles. The SMILES string of the molecule is [2H]c1ccc2cc(-c3cccc(-c4c5ccccc5c(-c5cccc(-c6cccc7sc8c([2H])cccc8c67)c5)c5ccccc45)c3)ccc2c1. The van der Waals surface area contributed by atoms with Gasteiger partial charge in [0.05, 0.1) is 2.74 Å². The average Bonchev–Trinajstić information content (AvgIpc) is 3.57. The number of hydrogen-bond acceptors (Lipinski definition) is 1. The zero-order valence-corrected chi connectivity index (χ0v) is 27.4. The molecule has 10 aromatic rings. The Morgan fingerprint density at radius 2 is 0.959 bits per heavy atom. The van der Waals surface area contributed by atoms with Crippen LogP contribution in [-0.2, 0) is 0 Å². The fraction of sp³-hybridized carbons (Fsp3) is 0. The van der Waals surface area contributed by atoms with Crippen molar-refractivity contribution in [2.75, 3.05) is 0 Å². The molecular weight excluding hydrogens is 609 g/mol. The topological polar surface area (TPSA) is 0 Å². The summed E-state index contributed by atoms with van der Waals surface area (Å²) in [7, 11) is 0. The van der Waals surface area contributed by atoms with Crippen LogP contribution < -0.4 is 0 Å². The van der Waals surface area contributed by atoms with Gasteiger partial charge < -0.3 is 0 Å². The third-order valence-electron chi connectivity index (χ3n) is 9.89. The molecule has 228 valence electrons. The molecule has 0 aliphatic heterocycles. The Labute approximate surface area is 292 Å². The number of thiophene rings is 1. The van der Waals surface area contributed by atoms with Crippen LogP contribution >= 0.6 is 11.3 Å². The molecule has 0 aliphatic rings. The minimum atomic E-state index is 0.531. The van der Waals surface area contributed by atoms with Crippen LogP contribution in [0.5, 0.6) is 0 Å². The lowest BCUT2D eigenvalue weighted by molar-refractivity contribution is 1.62. The summed E-state index contributed by atoms with van der Waals surface area (Å²) in [6.45, 7) is 0. The highest BCUT2D eigenvalue weighted by Crippen LogP contribution is 2.46. The third-order valence-corrected chi connectivity index (χ3v) is 11.0. The molecule has 0 amide bonds. The van der Waals surface area contributed by atoms with Crippen molar-refractivity contribution in [3.05, 3.63) is 182 Å². The fourth-order valence-corrected chi connectivity index (χ4v) is 8.80. The predicted octanol–water partition coefficient (Wildman–Crippen LogP) is 14.2. The summed E-state index contributed by atoms with van der Waals surface area (Å²) in [5.74, 6) is 0. The van der Waals surface area contributed by atoms with Crippen molar-refractivity contribution in [3.63, 3.8) is 0 Å². The summed E-state index contributed by atoms with van der Waals surface area (Å²) in [4.78, 5) is 0. The van der Waals surface area contributed by atoms with Gasteiger partial charge in [-0.25, -0.2) is 0 Å². The highest BCUT2D eigenvalue weighted by molar-refractivity contribution is 7.25. The molecule has 1 aromatic heterocycles. The Morgan fingerprint density at radius 1 is 0.367 bits per heavy atom. The minimum absolute atomic E-state index is 0.531. The van der Waals surface area contributed by atoms with E-state index in [1.54, 1.807) is 11.3 Å². The molecule has 1 heterocycles. The van der Waals surface area contributed by atoms with Gasteiger partial charge in [0.2, 0.25) is 0 Å². The highest BCUT2D eigenvalue weighted by Gasteiger charge is 2.18. The van der Waals surface area contributed by atoms with Crippen molar-refractivity contribution in [2.24, 2.45) is 0 Å². The minimum Gasteiger partial charge on any atom is -0.135 e. The molecule has 0 spiro atoms. The van der Waals surface area contributed by atoms with Crippen molar-refractivity contribution in [2.45, 2.75) is 0 Å². The van der Waals surface area contributed by atoms with E-state index in [1.807, 2.05) is 30.3 Å². The maximum atomic E-state index is 8.55. The second-order valence-electron chi connectivity index (χ2n) is 12.7. The van der Waals surface area contributed by atoms with Crippen LogP contribution in [0.2, 0.25) is 0 Å². The van der Waals surface area contributed by atoms with Crippen LogP contribution in [-0.4, -0.2) is 0 Å². The van der Waals surface area contributed by atoms with Crippen LogP contribution in [0.1, 0.15) is 2.74 Å². The van der Waals surface area contributed by atoms with Gasteiger partial charge in [-0.3, -0.25) is 0 Å². The van der Waals surface area contributed by atoms with E-state index in [9.17, 15) is 0 Å². The maximum Gasteiger partial charge on any atom is 0.0638 e. The molecule has 9 aromatic carbocycles. The van der Waals surface area contributed by atoms with Crippen LogP contribution in [0.3, 0.4) is 0 Å². The normalized spacial score (nSPS) is 12.2. The summed E-state index contributed by atoms with van der Waals surface area (Å²) >= 11 is 1.71. The predicted molar refractivity (Wildman–Crippen MR) is 214 cm³/mol. The average molecular weight is 641 g/mol. The first-order valence-corrected chi connectivity index (χ1v) is 17.5. The van der Waals surface area contributed by atoms with E-state index in [0.717, 1.165) is 26.4 Å². The standard InChI is InChI=1S/C48H30S/c1-2-13-32-28-34(27-26-31(32)12-1)33-14-9-16-36(29-33)46-39-18-3-5-20-41(39)47(42-21-6-4-19-40(42)46)37-17-10-15-35(30-37)38-23-11-25-45-48(38)43-22-7-8-24-44(43)49-45/h1-30H/i1D,24D. The van der Waals surface area contributed by atoms with Gasteiger partial charge in [0, 0.05) is 20.2 Å². The smallest absolute Gasteiger partial charge is 0.0638 e. The third kappa shape index (κ3) is 4.58. The van der Waals surface area contributed by atoms with Gasteiger partial charge in [0.25, 0.3) is 0 Å². The molecule has 0 saturated heterocycles. The zero-order valence-electron chi connectivity index (χ0n) is 28.6. The van der Waals surface area contributed by atoms with Gasteiger partial charge in [-0.1, -0.05) is 152 Å². The van der Waals surface area contributed by atoms with Gasteiger partial charge >= 0.3 is 0 Å². The lowest BCUT2D eigenvalue weighted by Crippen LogP contribution is -1.91. The lowest BCUT2D eigenvalue weighted by Gasteiger charge is -2.19. The quantitative estimate of drug-likeness (QED) is 0.168. The highest BCUT2D eigenvalue weighted by atomic mass is 32.1. The summed E-state index contributed by atoms with van der Waals surface area (Å²) in [5.41, 5.74) is 9.55. The summed E-state index contributed by atoms with van der Waals surface area (Å²) < 4.78 is 18.8. The molecule has 0 nitrogen and oxygen atoms in total. The fourth-order valence-electron chi connectivity index (χ4n) is 7.70. The second kappa shape index (κ2) is 11.3. The lowest BCUT2D eigenvalue weighted by atomic mass is 9.85. The molecule has 0 atom stereocenters. The molecule has 10 rings (SSSR count). The van der Waals surface area contributed by atoms with E-state index < -0.39 is 0 Å². The summed E-state index contributed by atoms with van der Waals surface area (Å²) in [6.07, 6.45) is 0. The Balaban J connectivity index is 1.17. The molecule has 0 radical (unpaired) electrons. The van der Waals surface area contributed by atoms with Gasteiger partial charge in [0.1, 0.15) is 0 Å². The molecule has 0 bridgehead atoms. The molecule has 49 heavy (non-hydrogen) atoms. The Kier molecular flexibility index (Phi) is 6.00. The largest absolute Gasteiger partial charge is 0.135 e. The van der Waals surface area contributed by atoms with Crippen LogP contribution in [0.15, 0.2) is 182 Å². The monoisotopic (exact) mass is 640 g/mol. The van der Waals surface area contributed by atoms with Crippen molar-refractivity contribution in [1.29, 1.82) is 0 Å². The van der Waals surface area contributed by atoms with Gasteiger partial charge in [-0.2, -0.15) is 0 Å². The Hall–Kier alpha value is -6.02. The van der Waals surface area contributed by atoms with Gasteiger partial charge in [0.15, 0.2) is 0 Å². The second-order valence-corrected chi connectivity index (χ2v) is 13.7. The van der Waals surface area contributed by atoms with Crippen LogP contribution in [0, 0.1) is 0 Å². The van der Waals surface area contributed by atoms with E-state index in [-0.39, 0.29) is 0 Å². The van der Waals surface area contributed by atoms with Gasteiger partial charge in [-0.15, -0.1) is 11.3 Å². The first-order valence-electron chi connectivity index (χ1n) is 17.7. The Bertz CT molecular complexity index is 2950. The summed E-state index contributed by atoms with van der Waals surface area (Å²) in [5, 5.41) is 9.50. The molecular formula is C48H30S. The van der Waals surface area contributed by atoms with Gasteiger partial charge in [-0.05, 0) is 107 Å². The number of benzene rings is 9.